The molecule has 1 heterocycles. The van der Waals surface area contributed by atoms with Gasteiger partial charge in [-0.25, -0.2) is 13.1 Å². The summed E-state index contributed by atoms with van der Waals surface area (Å²) in [5.41, 5.74) is 0.364. The third kappa shape index (κ3) is 6.93. The standard InChI is InChI=1S/C17H27N3O3S.ClH/c1-13(2)20-24(22,23)16-7-3-6-15(11-16)17(21)19-10-8-14-5-4-9-18-12-14;/h3,6-7,11,13-14,18,20H,4-5,8-10,12H2,1-2H3,(H,19,21);1H. The zero-order chi connectivity index (χ0) is 17.6. The van der Waals surface area contributed by atoms with Gasteiger partial charge in [-0.15, -0.1) is 12.4 Å². The molecule has 1 aliphatic heterocycles. The van der Waals surface area contributed by atoms with Crippen LogP contribution in [0, 0.1) is 5.92 Å². The van der Waals surface area contributed by atoms with Gasteiger partial charge in [-0.05, 0) is 70.3 Å². The van der Waals surface area contributed by atoms with Crippen LogP contribution in [0.25, 0.3) is 0 Å². The van der Waals surface area contributed by atoms with E-state index in [9.17, 15) is 13.2 Å². The van der Waals surface area contributed by atoms with Gasteiger partial charge in [-0.3, -0.25) is 4.79 Å². The molecule has 1 aromatic rings. The minimum atomic E-state index is -3.59. The van der Waals surface area contributed by atoms with Crippen molar-refractivity contribution in [2.24, 2.45) is 5.92 Å². The van der Waals surface area contributed by atoms with E-state index in [4.69, 9.17) is 0 Å². The largest absolute Gasteiger partial charge is 0.352 e. The average Bonchev–Trinajstić information content (AvgIpc) is 2.55. The molecule has 3 N–H and O–H groups in total. The van der Waals surface area contributed by atoms with Gasteiger partial charge in [0.2, 0.25) is 10.0 Å². The van der Waals surface area contributed by atoms with Crippen molar-refractivity contribution in [3.8, 4) is 0 Å². The quantitative estimate of drug-likeness (QED) is 0.664. The maximum Gasteiger partial charge on any atom is 0.251 e. The summed E-state index contributed by atoms with van der Waals surface area (Å²) in [6.07, 6.45) is 3.31. The lowest BCUT2D eigenvalue weighted by molar-refractivity contribution is 0.0950. The van der Waals surface area contributed by atoms with Gasteiger partial charge in [0.1, 0.15) is 0 Å². The molecule has 6 nitrogen and oxygen atoms in total. The van der Waals surface area contributed by atoms with Crippen LogP contribution >= 0.6 is 12.4 Å². The van der Waals surface area contributed by atoms with Gasteiger partial charge in [0.15, 0.2) is 0 Å². The fraction of sp³-hybridized carbons (Fsp3) is 0.588. The number of carbonyl (C=O) groups is 1. The molecule has 1 saturated heterocycles. The smallest absolute Gasteiger partial charge is 0.251 e. The summed E-state index contributed by atoms with van der Waals surface area (Å²) in [7, 11) is -3.59. The Morgan fingerprint density at radius 3 is 2.76 bits per heavy atom. The highest BCUT2D eigenvalue weighted by molar-refractivity contribution is 7.89. The van der Waals surface area contributed by atoms with E-state index >= 15 is 0 Å². The highest BCUT2D eigenvalue weighted by Crippen LogP contribution is 2.14. The molecule has 25 heavy (non-hydrogen) atoms. The molecule has 0 bridgehead atoms. The number of rotatable bonds is 7. The molecule has 1 aliphatic rings. The van der Waals surface area contributed by atoms with E-state index in [0.29, 0.717) is 18.0 Å². The van der Waals surface area contributed by atoms with Gasteiger partial charge in [-0.2, -0.15) is 0 Å². The maximum absolute atomic E-state index is 12.2. The first-order valence-corrected chi connectivity index (χ1v) is 9.98. The van der Waals surface area contributed by atoms with Crippen LogP contribution in [0.2, 0.25) is 0 Å². The number of amides is 1. The molecule has 1 aromatic carbocycles. The molecule has 2 rings (SSSR count). The molecule has 1 unspecified atom stereocenters. The average molecular weight is 390 g/mol. The van der Waals surface area contributed by atoms with Crippen LogP contribution in [0.5, 0.6) is 0 Å². The molecular weight excluding hydrogens is 362 g/mol. The molecule has 0 spiro atoms. The minimum Gasteiger partial charge on any atom is -0.352 e. The van der Waals surface area contributed by atoms with E-state index in [2.05, 4.69) is 15.4 Å². The van der Waals surface area contributed by atoms with Crippen molar-refractivity contribution in [1.82, 2.24) is 15.4 Å². The second-order valence-electron chi connectivity index (χ2n) is 6.56. The van der Waals surface area contributed by atoms with Crippen molar-refractivity contribution in [3.63, 3.8) is 0 Å². The van der Waals surface area contributed by atoms with E-state index < -0.39 is 10.0 Å². The van der Waals surface area contributed by atoms with Crippen LogP contribution in [0.3, 0.4) is 0 Å². The third-order valence-electron chi connectivity index (χ3n) is 4.03. The van der Waals surface area contributed by atoms with E-state index in [1.807, 2.05) is 0 Å². The minimum absolute atomic E-state index is 0. The van der Waals surface area contributed by atoms with Crippen molar-refractivity contribution in [3.05, 3.63) is 29.8 Å². The number of hydrogen-bond acceptors (Lipinski definition) is 4. The van der Waals surface area contributed by atoms with Crippen LogP contribution in [-0.2, 0) is 10.0 Å². The topological polar surface area (TPSA) is 87.3 Å². The Hall–Kier alpha value is -1.15. The number of piperidine rings is 1. The lowest BCUT2D eigenvalue weighted by Crippen LogP contribution is -2.33. The van der Waals surface area contributed by atoms with Crippen molar-refractivity contribution in [2.75, 3.05) is 19.6 Å². The van der Waals surface area contributed by atoms with Crippen molar-refractivity contribution >= 4 is 28.3 Å². The molecule has 0 saturated carbocycles. The fourth-order valence-electron chi connectivity index (χ4n) is 2.85. The second-order valence-corrected chi connectivity index (χ2v) is 8.27. The van der Waals surface area contributed by atoms with Crippen molar-refractivity contribution in [1.29, 1.82) is 0 Å². The summed E-state index contributed by atoms with van der Waals surface area (Å²) in [5.74, 6) is 0.362. The van der Waals surface area contributed by atoms with E-state index in [1.54, 1.807) is 26.0 Å². The van der Waals surface area contributed by atoms with Crippen LogP contribution in [0.15, 0.2) is 29.2 Å². The fourth-order valence-corrected chi connectivity index (χ4v) is 4.14. The van der Waals surface area contributed by atoms with Gasteiger partial charge in [0, 0.05) is 18.2 Å². The first kappa shape index (κ1) is 21.9. The Kier molecular flexibility index (Phi) is 8.85. The second kappa shape index (κ2) is 10.1. The van der Waals surface area contributed by atoms with Crippen molar-refractivity contribution < 1.29 is 13.2 Å². The Labute approximate surface area is 156 Å². The number of sulfonamides is 1. The number of halogens is 1. The van der Waals surface area contributed by atoms with Gasteiger partial charge >= 0.3 is 0 Å². The van der Waals surface area contributed by atoms with E-state index in [0.717, 1.165) is 19.5 Å². The SMILES string of the molecule is CC(C)NS(=O)(=O)c1cccc(C(=O)NCCC2CCCNC2)c1.Cl. The van der Waals surface area contributed by atoms with Gasteiger partial charge in [-0.1, -0.05) is 6.07 Å². The normalized spacial score (nSPS) is 17.8. The lowest BCUT2D eigenvalue weighted by atomic mass is 9.96. The molecule has 1 amide bonds. The number of carbonyl (C=O) groups excluding carboxylic acids is 1. The van der Waals surface area contributed by atoms with Gasteiger partial charge in [0.25, 0.3) is 5.91 Å². The summed E-state index contributed by atoms with van der Waals surface area (Å²) in [4.78, 5) is 12.4. The zero-order valence-electron chi connectivity index (χ0n) is 14.7. The Balaban J connectivity index is 0.00000312. The first-order valence-electron chi connectivity index (χ1n) is 8.50. The Morgan fingerprint density at radius 2 is 2.12 bits per heavy atom. The predicted molar refractivity (Wildman–Crippen MR) is 102 cm³/mol. The zero-order valence-corrected chi connectivity index (χ0v) is 16.4. The summed E-state index contributed by atoms with van der Waals surface area (Å²) < 4.78 is 26.9. The predicted octanol–water partition coefficient (Wildman–Crippen LogP) is 1.91. The molecule has 142 valence electrons. The number of hydrogen-bond donors (Lipinski definition) is 3. The Bertz CT molecular complexity index is 659. The van der Waals surface area contributed by atoms with E-state index in [1.165, 1.54) is 25.0 Å². The van der Waals surface area contributed by atoms with Gasteiger partial charge < -0.3 is 10.6 Å². The van der Waals surface area contributed by atoms with Crippen LogP contribution < -0.4 is 15.4 Å². The van der Waals surface area contributed by atoms with Crippen LogP contribution in [-0.4, -0.2) is 40.0 Å². The van der Waals surface area contributed by atoms with Gasteiger partial charge in [0.05, 0.1) is 4.90 Å². The molecule has 1 fully saturated rings. The van der Waals surface area contributed by atoms with Crippen molar-refractivity contribution in [2.45, 2.75) is 44.0 Å². The number of benzene rings is 1. The van der Waals surface area contributed by atoms with Crippen LogP contribution in [0.4, 0.5) is 0 Å². The highest BCUT2D eigenvalue weighted by atomic mass is 35.5. The van der Waals surface area contributed by atoms with E-state index in [-0.39, 0.29) is 29.3 Å². The van der Waals surface area contributed by atoms with Crippen LogP contribution in [0.1, 0.15) is 43.5 Å². The summed E-state index contributed by atoms with van der Waals surface area (Å²) in [6, 6.07) is 5.94. The summed E-state index contributed by atoms with van der Waals surface area (Å²) in [6.45, 7) is 6.20. The summed E-state index contributed by atoms with van der Waals surface area (Å²) in [5, 5.41) is 6.24. The number of nitrogens with one attached hydrogen (secondary N) is 3. The molecule has 0 aromatic heterocycles. The monoisotopic (exact) mass is 389 g/mol. The molecule has 0 radical (unpaired) electrons. The molecule has 0 aliphatic carbocycles. The Morgan fingerprint density at radius 1 is 1.36 bits per heavy atom. The molecule has 8 heteroatoms. The lowest BCUT2D eigenvalue weighted by Gasteiger charge is -2.22. The first-order chi connectivity index (χ1) is 11.4. The maximum atomic E-state index is 12.2. The highest BCUT2D eigenvalue weighted by Gasteiger charge is 2.17. The third-order valence-corrected chi connectivity index (χ3v) is 5.69. The molecule has 1 atom stereocenters. The molecular formula is C17H28ClN3O3S. The summed E-state index contributed by atoms with van der Waals surface area (Å²) >= 11 is 0.